The zero-order valence-corrected chi connectivity index (χ0v) is 9.08. The molecule has 13 heavy (non-hydrogen) atoms. The number of carbonyl (C=O) groups is 1. The Bertz CT molecular complexity index is 317. The summed E-state index contributed by atoms with van der Waals surface area (Å²) in [6.45, 7) is 1.98. The minimum Gasteiger partial charge on any atom is -0.298 e. The molecular weight excluding hydrogens is 202 g/mol. The summed E-state index contributed by atoms with van der Waals surface area (Å²) in [6.07, 6.45) is 2.21. The number of aromatic nitrogens is 1. The third-order valence-corrected chi connectivity index (χ3v) is 4.13. The van der Waals surface area contributed by atoms with Gasteiger partial charge in [0.1, 0.15) is 5.78 Å². The van der Waals surface area contributed by atoms with E-state index in [0.717, 1.165) is 22.9 Å². The van der Waals surface area contributed by atoms with Crippen molar-refractivity contribution in [2.45, 2.75) is 24.1 Å². The van der Waals surface area contributed by atoms with Crippen LogP contribution in [0.25, 0.3) is 0 Å². The van der Waals surface area contributed by atoms with E-state index in [1.165, 1.54) is 0 Å². The fraction of sp³-hybridized carbons (Fsp3) is 0.556. The highest BCUT2D eigenvalue weighted by Crippen LogP contribution is 2.32. The number of hydrogen-bond acceptors (Lipinski definition) is 4. The highest BCUT2D eigenvalue weighted by Gasteiger charge is 2.29. The number of Topliss-reactive ketones (excluding diaryl/α,β-unsaturated/α-hetero) is 1. The van der Waals surface area contributed by atoms with E-state index in [0.29, 0.717) is 17.5 Å². The van der Waals surface area contributed by atoms with Gasteiger partial charge in [-0.1, -0.05) is 11.8 Å². The van der Waals surface area contributed by atoms with Gasteiger partial charge in [-0.05, 0) is 19.8 Å². The number of rotatable bonds is 4. The first kappa shape index (κ1) is 9.21. The van der Waals surface area contributed by atoms with Crippen LogP contribution in [-0.4, -0.2) is 16.5 Å². The molecule has 2 rings (SSSR count). The Kier molecular flexibility index (Phi) is 2.69. The molecule has 1 saturated carbocycles. The van der Waals surface area contributed by atoms with Crippen molar-refractivity contribution < 1.29 is 4.79 Å². The average molecular weight is 213 g/mol. The largest absolute Gasteiger partial charge is 0.298 e. The summed E-state index contributed by atoms with van der Waals surface area (Å²) in [7, 11) is 0. The Hall–Kier alpha value is -0.350. The van der Waals surface area contributed by atoms with E-state index in [4.69, 9.17) is 0 Å². The SMILES string of the molecule is Cc1csc(SCC(=O)C2CC2)n1. The van der Waals surface area contributed by atoms with Gasteiger partial charge in [0.25, 0.3) is 0 Å². The Labute approximate surface area is 85.8 Å². The Morgan fingerprint density at radius 1 is 1.77 bits per heavy atom. The maximum Gasteiger partial charge on any atom is 0.150 e. The Balaban J connectivity index is 1.81. The zero-order valence-electron chi connectivity index (χ0n) is 7.45. The van der Waals surface area contributed by atoms with Crippen LogP contribution in [0.1, 0.15) is 18.5 Å². The minimum atomic E-state index is 0.383. The van der Waals surface area contributed by atoms with Crippen LogP contribution in [0, 0.1) is 12.8 Å². The van der Waals surface area contributed by atoms with E-state index in [-0.39, 0.29) is 0 Å². The zero-order chi connectivity index (χ0) is 9.26. The predicted octanol–water partition coefficient (Wildman–Crippen LogP) is 2.52. The van der Waals surface area contributed by atoms with Crippen molar-refractivity contribution in [2.75, 3.05) is 5.75 Å². The topological polar surface area (TPSA) is 30.0 Å². The lowest BCUT2D eigenvalue weighted by Crippen LogP contribution is -2.02. The summed E-state index contributed by atoms with van der Waals surface area (Å²) in [5, 5.41) is 2.02. The fourth-order valence-corrected chi connectivity index (χ4v) is 2.88. The molecule has 1 aliphatic rings. The Morgan fingerprint density at radius 3 is 3.08 bits per heavy atom. The number of carbonyl (C=O) groups excluding carboxylic acids is 1. The van der Waals surface area contributed by atoms with Crippen molar-refractivity contribution in [2.24, 2.45) is 5.92 Å². The minimum absolute atomic E-state index is 0.383. The maximum atomic E-state index is 11.3. The molecule has 1 aromatic rings. The molecule has 2 nitrogen and oxygen atoms in total. The lowest BCUT2D eigenvalue weighted by molar-refractivity contribution is -0.117. The normalized spacial score (nSPS) is 16.1. The van der Waals surface area contributed by atoms with Gasteiger partial charge in [-0.15, -0.1) is 11.3 Å². The maximum absolute atomic E-state index is 11.3. The van der Waals surface area contributed by atoms with Crippen LogP contribution in [0.5, 0.6) is 0 Å². The monoisotopic (exact) mass is 213 g/mol. The summed E-state index contributed by atoms with van der Waals surface area (Å²) < 4.78 is 1.02. The molecule has 0 atom stereocenters. The second-order valence-corrected chi connectivity index (χ2v) is 5.36. The van der Waals surface area contributed by atoms with Crippen molar-refractivity contribution in [3.63, 3.8) is 0 Å². The third kappa shape index (κ3) is 2.54. The molecule has 1 aromatic heterocycles. The van der Waals surface area contributed by atoms with Crippen LogP contribution >= 0.6 is 23.1 Å². The molecule has 0 N–H and O–H groups in total. The van der Waals surface area contributed by atoms with Crippen LogP contribution in [-0.2, 0) is 4.79 Å². The summed E-state index contributed by atoms with van der Waals surface area (Å²) >= 11 is 3.20. The van der Waals surface area contributed by atoms with Crippen molar-refractivity contribution in [1.29, 1.82) is 0 Å². The number of hydrogen-bond donors (Lipinski definition) is 0. The van der Waals surface area contributed by atoms with Gasteiger partial charge in [-0.2, -0.15) is 0 Å². The summed E-state index contributed by atoms with van der Waals surface area (Å²) in [5.74, 6) is 1.39. The van der Waals surface area contributed by atoms with Gasteiger partial charge in [0.2, 0.25) is 0 Å². The van der Waals surface area contributed by atoms with Gasteiger partial charge < -0.3 is 0 Å². The van der Waals surface area contributed by atoms with Gasteiger partial charge in [-0.3, -0.25) is 4.79 Å². The number of thioether (sulfide) groups is 1. The molecule has 0 aromatic carbocycles. The first-order valence-electron chi connectivity index (χ1n) is 4.33. The molecule has 0 unspecified atom stereocenters. The van der Waals surface area contributed by atoms with E-state index in [1.54, 1.807) is 23.1 Å². The lowest BCUT2D eigenvalue weighted by Gasteiger charge is -1.94. The number of thiazole rings is 1. The summed E-state index contributed by atoms with van der Waals surface area (Å²) in [5.41, 5.74) is 1.05. The van der Waals surface area contributed by atoms with E-state index in [2.05, 4.69) is 4.98 Å². The third-order valence-electron chi connectivity index (χ3n) is 1.97. The molecule has 0 radical (unpaired) electrons. The first-order chi connectivity index (χ1) is 6.25. The molecule has 1 heterocycles. The van der Waals surface area contributed by atoms with Crippen molar-refractivity contribution in [1.82, 2.24) is 4.98 Å². The average Bonchev–Trinajstić information content (AvgIpc) is 2.87. The van der Waals surface area contributed by atoms with Gasteiger partial charge in [0.15, 0.2) is 4.34 Å². The van der Waals surface area contributed by atoms with Gasteiger partial charge in [0.05, 0.1) is 5.75 Å². The van der Waals surface area contributed by atoms with Crippen LogP contribution in [0.4, 0.5) is 0 Å². The lowest BCUT2D eigenvalue weighted by atomic mass is 10.3. The van der Waals surface area contributed by atoms with E-state index in [1.807, 2.05) is 12.3 Å². The molecular formula is C9H11NOS2. The summed E-state index contributed by atoms with van der Waals surface area (Å²) in [4.78, 5) is 15.6. The van der Waals surface area contributed by atoms with Crippen molar-refractivity contribution >= 4 is 28.9 Å². The van der Waals surface area contributed by atoms with E-state index >= 15 is 0 Å². The van der Waals surface area contributed by atoms with Crippen LogP contribution in [0.15, 0.2) is 9.72 Å². The smallest absolute Gasteiger partial charge is 0.150 e. The highest BCUT2D eigenvalue weighted by molar-refractivity contribution is 8.01. The molecule has 0 aliphatic heterocycles. The second-order valence-electron chi connectivity index (χ2n) is 3.28. The molecule has 1 aliphatic carbocycles. The molecule has 0 amide bonds. The van der Waals surface area contributed by atoms with Gasteiger partial charge in [0, 0.05) is 17.0 Å². The number of nitrogens with zero attached hydrogens (tertiary/aromatic N) is 1. The molecule has 4 heteroatoms. The quantitative estimate of drug-likeness (QED) is 0.720. The van der Waals surface area contributed by atoms with Crippen LogP contribution in [0.3, 0.4) is 0 Å². The van der Waals surface area contributed by atoms with Crippen LogP contribution in [0.2, 0.25) is 0 Å². The first-order valence-corrected chi connectivity index (χ1v) is 6.20. The summed E-state index contributed by atoms with van der Waals surface area (Å²) in [6, 6.07) is 0. The number of ketones is 1. The van der Waals surface area contributed by atoms with Gasteiger partial charge >= 0.3 is 0 Å². The molecule has 0 spiro atoms. The highest BCUT2D eigenvalue weighted by atomic mass is 32.2. The molecule has 0 saturated heterocycles. The molecule has 1 fully saturated rings. The fourth-order valence-electron chi connectivity index (χ4n) is 1.05. The van der Waals surface area contributed by atoms with E-state index < -0.39 is 0 Å². The van der Waals surface area contributed by atoms with E-state index in [9.17, 15) is 4.79 Å². The predicted molar refractivity (Wildman–Crippen MR) is 55.3 cm³/mol. The number of aryl methyl sites for hydroxylation is 1. The van der Waals surface area contributed by atoms with Gasteiger partial charge in [-0.25, -0.2) is 4.98 Å². The molecule has 70 valence electrons. The second kappa shape index (κ2) is 3.80. The van der Waals surface area contributed by atoms with Crippen LogP contribution < -0.4 is 0 Å². The molecule has 0 bridgehead atoms. The Morgan fingerprint density at radius 2 is 2.54 bits per heavy atom. The van der Waals surface area contributed by atoms with Crippen molar-refractivity contribution in [3.05, 3.63) is 11.1 Å². The van der Waals surface area contributed by atoms with Crippen molar-refractivity contribution in [3.8, 4) is 0 Å². The standard InChI is InChI=1S/C9H11NOS2/c1-6-4-12-9(10-6)13-5-8(11)7-2-3-7/h4,7H,2-3,5H2,1H3.